The van der Waals surface area contributed by atoms with Crippen molar-refractivity contribution in [2.75, 3.05) is 19.8 Å². The number of nitrogens with zero attached hydrogens (tertiary/aromatic N) is 1. The highest BCUT2D eigenvalue weighted by molar-refractivity contribution is 5.76. The number of aromatic nitrogens is 2. The number of esters is 1. The largest absolute Gasteiger partial charge is 0.462 e. The topological polar surface area (TPSA) is 76.2 Å². The van der Waals surface area contributed by atoms with Crippen LogP contribution in [0.1, 0.15) is 18.3 Å². The van der Waals surface area contributed by atoms with E-state index in [0.717, 1.165) is 11.4 Å². The molecular formula is C11H17N3O3. The zero-order valence-electron chi connectivity index (χ0n) is 9.86. The van der Waals surface area contributed by atoms with Gasteiger partial charge in [0.2, 0.25) is 0 Å². The van der Waals surface area contributed by atoms with Gasteiger partial charge in [-0.25, -0.2) is 4.98 Å². The second kappa shape index (κ2) is 5.79. The third-order valence-electron chi connectivity index (χ3n) is 2.69. The number of hydrogen-bond donors (Lipinski definition) is 2. The Morgan fingerprint density at radius 1 is 1.59 bits per heavy atom. The van der Waals surface area contributed by atoms with Gasteiger partial charge in [0.1, 0.15) is 12.6 Å². The Hall–Kier alpha value is -1.40. The van der Waals surface area contributed by atoms with Gasteiger partial charge in [0.05, 0.1) is 24.3 Å². The summed E-state index contributed by atoms with van der Waals surface area (Å²) in [4.78, 5) is 18.9. The van der Waals surface area contributed by atoms with Crippen molar-refractivity contribution in [2.45, 2.75) is 25.9 Å². The van der Waals surface area contributed by atoms with E-state index in [2.05, 4.69) is 15.3 Å². The smallest absolute Gasteiger partial charge is 0.323 e. The fourth-order valence-electron chi connectivity index (χ4n) is 1.78. The summed E-state index contributed by atoms with van der Waals surface area (Å²) in [6.07, 6.45) is 2.22. The molecule has 17 heavy (non-hydrogen) atoms. The Labute approximate surface area is 99.7 Å². The normalized spacial score (nSPS) is 18.8. The Morgan fingerprint density at radius 3 is 3.29 bits per heavy atom. The van der Waals surface area contributed by atoms with Crippen LogP contribution in [0.3, 0.4) is 0 Å². The van der Waals surface area contributed by atoms with E-state index in [0.29, 0.717) is 32.8 Å². The van der Waals surface area contributed by atoms with Crippen molar-refractivity contribution in [2.24, 2.45) is 0 Å². The lowest BCUT2D eigenvalue weighted by Crippen LogP contribution is -2.43. The Morgan fingerprint density at radius 2 is 2.47 bits per heavy atom. The van der Waals surface area contributed by atoms with Crippen LogP contribution in [0.5, 0.6) is 0 Å². The predicted molar refractivity (Wildman–Crippen MR) is 60.4 cm³/mol. The first-order valence-electron chi connectivity index (χ1n) is 5.80. The maximum atomic E-state index is 11.7. The molecule has 0 saturated carbocycles. The molecule has 6 nitrogen and oxygen atoms in total. The minimum atomic E-state index is -0.299. The summed E-state index contributed by atoms with van der Waals surface area (Å²) in [5, 5.41) is 3.12. The molecule has 0 saturated heterocycles. The van der Waals surface area contributed by atoms with Crippen LogP contribution in [0.4, 0.5) is 0 Å². The molecule has 2 N–H and O–H groups in total. The number of nitrogens with one attached hydrogen (secondary N) is 2. The monoisotopic (exact) mass is 239 g/mol. The van der Waals surface area contributed by atoms with Crippen molar-refractivity contribution in [1.29, 1.82) is 0 Å². The molecule has 0 amide bonds. The fourth-order valence-corrected chi connectivity index (χ4v) is 1.78. The third-order valence-corrected chi connectivity index (χ3v) is 2.69. The van der Waals surface area contributed by atoms with Crippen molar-refractivity contribution in [3.05, 3.63) is 17.7 Å². The molecule has 1 aliphatic heterocycles. The van der Waals surface area contributed by atoms with Crippen LogP contribution in [0.15, 0.2) is 6.33 Å². The first kappa shape index (κ1) is 12.1. The summed E-state index contributed by atoms with van der Waals surface area (Å²) < 4.78 is 10.2. The lowest BCUT2D eigenvalue weighted by molar-refractivity contribution is -0.147. The van der Waals surface area contributed by atoms with Crippen molar-refractivity contribution in [3.8, 4) is 0 Å². The summed E-state index contributed by atoms with van der Waals surface area (Å²) in [6, 6.07) is -0.299. The number of rotatable bonds is 5. The van der Waals surface area contributed by atoms with Gasteiger partial charge in [-0.05, 0) is 6.92 Å². The van der Waals surface area contributed by atoms with E-state index in [1.165, 1.54) is 0 Å². The zero-order valence-corrected chi connectivity index (χ0v) is 9.86. The minimum absolute atomic E-state index is 0.238. The van der Waals surface area contributed by atoms with E-state index in [4.69, 9.17) is 9.47 Å². The quantitative estimate of drug-likeness (QED) is 0.559. The van der Waals surface area contributed by atoms with Crippen molar-refractivity contribution < 1.29 is 14.3 Å². The number of carbonyl (C=O) groups excluding carboxylic acids is 1. The average molecular weight is 239 g/mol. The van der Waals surface area contributed by atoms with E-state index in [9.17, 15) is 4.79 Å². The van der Waals surface area contributed by atoms with E-state index in [-0.39, 0.29) is 12.0 Å². The van der Waals surface area contributed by atoms with Crippen LogP contribution in [-0.4, -0.2) is 41.8 Å². The van der Waals surface area contributed by atoms with Gasteiger partial charge in [-0.15, -0.1) is 0 Å². The number of fused-ring (bicyclic) bond motifs is 1. The molecule has 1 atom stereocenters. The number of hydrogen-bond acceptors (Lipinski definition) is 5. The SMILES string of the molecule is CCOCCOC(=O)C1Cc2nc[nH]c2CN1. The van der Waals surface area contributed by atoms with Crippen LogP contribution < -0.4 is 5.32 Å². The molecule has 0 spiro atoms. The number of aromatic amines is 1. The lowest BCUT2D eigenvalue weighted by Gasteiger charge is -2.21. The molecule has 0 aliphatic carbocycles. The summed E-state index contributed by atoms with van der Waals surface area (Å²) >= 11 is 0. The second-order valence-electron chi connectivity index (χ2n) is 3.83. The number of H-pyrrole nitrogens is 1. The van der Waals surface area contributed by atoms with Gasteiger partial charge in [0.15, 0.2) is 0 Å². The molecule has 1 aromatic heterocycles. The predicted octanol–water partition coefficient (Wildman–Crippen LogP) is 0.00370. The first-order chi connectivity index (χ1) is 8.31. The molecule has 6 heteroatoms. The average Bonchev–Trinajstić information content (AvgIpc) is 2.81. The zero-order chi connectivity index (χ0) is 12.1. The molecule has 1 unspecified atom stereocenters. The van der Waals surface area contributed by atoms with Crippen molar-refractivity contribution in [3.63, 3.8) is 0 Å². The van der Waals surface area contributed by atoms with E-state index in [1.807, 2.05) is 6.92 Å². The number of imidazole rings is 1. The molecule has 1 aliphatic rings. The Balaban J connectivity index is 1.78. The van der Waals surface area contributed by atoms with Gasteiger partial charge in [0, 0.05) is 19.6 Å². The standard InChI is InChI=1S/C11H17N3O3/c1-2-16-3-4-17-11(15)9-5-8-10(6-12-9)14-7-13-8/h7,9,12H,2-6H2,1H3,(H,13,14). The molecule has 0 aromatic carbocycles. The van der Waals surface area contributed by atoms with Crippen molar-refractivity contribution in [1.82, 2.24) is 15.3 Å². The van der Waals surface area contributed by atoms with E-state index < -0.39 is 0 Å². The van der Waals surface area contributed by atoms with Crippen LogP contribution in [0, 0.1) is 0 Å². The lowest BCUT2D eigenvalue weighted by atomic mass is 10.1. The van der Waals surface area contributed by atoms with Crippen LogP contribution in [-0.2, 0) is 27.2 Å². The summed E-state index contributed by atoms with van der Waals surface area (Å²) in [6.45, 7) is 3.92. The van der Waals surface area contributed by atoms with Gasteiger partial charge < -0.3 is 14.5 Å². The van der Waals surface area contributed by atoms with E-state index >= 15 is 0 Å². The van der Waals surface area contributed by atoms with Gasteiger partial charge in [-0.1, -0.05) is 0 Å². The molecule has 0 fully saturated rings. The second-order valence-corrected chi connectivity index (χ2v) is 3.83. The highest BCUT2D eigenvalue weighted by Gasteiger charge is 2.26. The van der Waals surface area contributed by atoms with Gasteiger partial charge in [-0.2, -0.15) is 0 Å². The Kier molecular flexibility index (Phi) is 4.11. The highest BCUT2D eigenvalue weighted by Crippen LogP contribution is 2.12. The molecule has 2 heterocycles. The van der Waals surface area contributed by atoms with Crippen molar-refractivity contribution >= 4 is 5.97 Å². The molecular weight excluding hydrogens is 222 g/mol. The summed E-state index contributed by atoms with van der Waals surface area (Å²) in [5.74, 6) is -0.238. The first-order valence-corrected chi connectivity index (χ1v) is 5.80. The van der Waals surface area contributed by atoms with Gasteiger partial charge in [-0.3, -0.25) is 10.1 Å². The maximum Gasteiger partial charge on any atom is 0.323 e. The summed E-state index contributed by atoms with van der Waals surface area (Å²) in [7, 11) is 0. The molecule has 0 bridgehead atoms. The third kappa shape index (κ3) is 3.04. The number of ether oxygens (including phenoxy) is 2. The highest BCUT2D eigenvalue weighted by atomic mass is 16.6. The fraction of sp³-hybridized carbons (Fsp3) is 0.636. The number of carbonyl (C=O) groups is 1. The van der Waals surface area contributed by atoms with Crippen LogP contribution in [0.25, 0.3) is 0 Å². The summed E-state index contributed by atoms with van der Waals surface area (Å²) in [5.41, 5.74) is 1.99. The maximum absolute atomic E-state index is 11.7. The van der Waals surface area contributed by atoms with Crippen LogP contribution >= 0.6 is 0 Å². The molecule has 94 valence electrons. The van der Waals surface area contributed by atoms with Gasteiger partial charge in [0.25, 0.3) is 0 Å². The molecule has 2 rings (SSSR count). The van der Waals surface area contributed by atoms with E-state index in [1.54, 1.807) is 6.33 Å². The molecule has 1 aromatic rings. The van der Waals surface area contributed by atoms with Crippen LogP contribution in [0.2, 0.25) is 0 Å². The van der Waals surface area contributed by atoms with Gasteiger partial charge >= 0.3 is 5.97 Å². The molecule has 0 radical (unpaired) electrons. The Bertz CT molecular complexity index is 378. The minimum Gasteiger partial charge on any atom is -0.462 e.